The molecule has 0 saturated carbocycles. The number of nitrogens with two attached hydrogens (primary N) is 1. The van der Waals surface area contributed by atoms with Gasteiger partial charge in [-0.3, -0.25) is 4.79 Å². The molecule has 0 aromatic heterocycles. The topological polar surface area (TPSA) is 63.3 Å². The summed E-state index contributed by atoms with van der Waals surface area (Å²) in [5.41, 5.74) is 7.91. The van der Waals surface area contributed by atoms with Gasteiger partial charge < -0.3 is 10.8 Å². The smallest absolute Gasteiger partial charge is 0.303 e. The second-order valence-corrected chi connectivity index (χ2v) is 1.97. The Morgan fingerprint density at radius 3 is 2.58 bits per heavy atom. The average molecular weight is 171 g/mol. The van der Waals surface area contributed by atoms with Gasteiger partial charge in [-0.25, -0.2) is 0 Å². The quantitative estimate of drug-likeness (QED) is 0.631. The standard InChI is InChI=1S/C7H11NO2.C2H6/c1-2-3-6(8)4-5-7(9)10;1-2/h3,6H,1,4-5,8H2,(H,9,10);1-2H3/t6-;/m1./s1. The van der Waals surface area contributed by atoms with E-state index in [-0.39, 0.29) is 12.5 Å². The summed E-state index contributed by atoms with van der Waals surface area (Å²) in [5.74, 6) is -0.826. The summed E-state index contributed by atoms with van der Waals surface area (Å²) in [6.07, 6.45) is 2.10. The largest absolute Gasteiger partial charge is 0.481 e. The third-order valence-corrected chi connectivity index (χ3v) is 1.02. The van der Waals surface area contributed by atoms with Gasteiger partial charge in [0.1, 0.15) is 0 Å². The molecule has 0 unspecified atom stereocenters. The molecule has 0 spiro atoms. The summed E-state index contributed by atoms with van der Waals surface area (Å²) < 4.78 is 0. The highest BCUT2D eigenvalue weighted by Gasteiger charge is 2.00. The fraction of sp³-hybridized carbons (Fsp3) is 0.556. The lowest BCUT2D eigenvalue weighted by molar-refractivity contribution is -0.137. The Morgan fingerprint density at radius 2 is 2.25 bits per heavy atom. The van der Waals surface area contributed by atoms with Crippen LogP contribution < -0.4 is 5.73 Å². The molecule has 12 heavy (non-hydrogen) atoms. The van der Waals surface area contributed by atoms with Crippen molar-refractivity contribution in [1.82, 2.24) is 0 Å². The SMILES string of the molecule is C=C=C[C@@H](N)CCC(=O)O.CC. The Labute approximate surface area is 73.6 Å². The van der Waals surface area contributed by atoms with Crippen molar-refractivity contribution in [3.8, 4) is 0 Å². The van der Waals surface area contributed by atoms with E-state index < -0.39 is 5.97 Å². The molecule has 70 valence electrons. The zero-order valence-electron chi connectivity index (χ0n) is 7.71. The van der Waals surface area contributed by atoms with Gasteiger partial charge in [-0.15, -0.1) is 5.73 Å². The van der Waals surface area contributed by atoms with Crippen LogP contribution in [-0.4, -0.2) is 17.1 Å². The molecule has 0 amide bonds. The van der Waals surface area contributed by atoms with Gasteiger partial charge in [-0.2, -0.15) is 0 Å². The van der Waals surface area contributed by atoms with Crippen molar-refractivity contribution >= 4 is 5.97 Å². The second-order valence-electron chi connectivity index (χ2n) is 1.97. The van der Waals surface area contributed by atoms with Crippen LogP contribution in [0.1, 0.15) is 26.7 Å². The van der Waals surface area contributed by atoms with E-state index in [9.17, 15) is 4.79 Å². The number of carbonyl (C=O) groups is 1. The van der Waals surface area contributed by atoms with E-state index in [0.29, 0.717) is 6.42 Å². The molecule has 0 rings (SSSR count). The second kappa shape index (κ2) is 9.95. The summed E-state index contributed by atoms with van der Waals surface area (Å²) in [7, 11) is 0. The fourth-order valence-corrected chi connectivity index (χ4v) is 0.525. The van der Waals surface area contributed by atoms with Crippen LogP contribution in [0.4, 0.5) is 0 Å². The minimum Gasteiger partial charge on any atom is -0.481 e. The van der Waals surface area contributed by atoms with Crippen LogP contribution in [0.2, 0.25) is 0 Å². The van der Waals surface area contributed by atoms with Crippen molar-refractivity contribution in [1.29, 1.82) is 0 Å². The average Bonchev–Trinajstić information content (AvgIpc) is 2.05. The van der Waals surface area contributed by atoms with Crippen molar-refractivity contribution in [2.75, 3.05) is 0 Å². The molecular weight excluding hydrogens is 154 g/mol. The normalized spacial score (nSPS) is 10.2. The third kappa shape index (κ3) is 11.7. The van der Waals surface area contributed by atoms with Gasteiger partial charge >= 0.3 is 5.97 Å². The Balaban J connectivity index is 0. The third-order valence-electron chi connectivity index (χ3n) is 1.02. The number of carboxylic acids is 1. The summed E-state index contributed by atoms with van der Waals surface area (Å²) in [5, 5.41) is 8.23. The first kappa shape index (κ1) is 13.5. The van der Waals surface area contributed by atoms with Crippen LogP contribution in [-0.2, 0) is 4.79 Å². The number of hydrogen-bond acceptors (Lipinski definition) is 2. The highest BCUT2D eigenvalue weighted by Crippen LogP contribution is 1.94. The lowest BCUT2D eigenvalue weighted by atomic mass is 10.2. The van der Waals surface area contributed by atoms with Crippen LogP contribution in [0.5, 0.6) is 0 Å². The van der Waals surface area contributed by atoms with Crippen LogP contribution in [0.15, 0.2) is 18.4 Å². The Hall–Kier alpha value is -1.05. The monoisotopic (exact) mass is 171 g/mol. The molecule has 0 saturated heterocycles. The van der Waals surface area contributed by atoms with Gasteiger partial charge in [0.15, 0.2) is 0 Å². The molecule has 0 heterocycles. The fourth-order valence-electron chi connectivity index (χ4n) is 0.525. The first-order chi connectivity index (χ1) is 5.66. The summed E-state index contributed by atoms with van der Waals surface area (Å²) >= 11 is 0. The van der Waals surface area contributed by atoms with Crippen molar-refractivity contribution in [2.45, 2.75) is 32.7 Å². The van der Waals surface area contributed by atoms with Crippen molar-refractivity contribution in [2.24, 2.45) is 5.73 Å². The van der Waals surface area contributed by atoms with Gasteiger partial charge in [0, 0.05) is 12.5 Å². The first-order valence-electron chi connectivity index (χ1n) is 4.00. The molecule has 0 aliphatic heterocycles. The lowest BCUT2D eigenvalue weighted by Gasteiger charge is -2.00. The van der Waals surface area contributed by atoms with Crippen LogP contribution in [0.3, 0.4) is 0 Å². The highest BCUT2D eigenvalue weighted by molar-refractivity contribution is 5.66. The molecule has 3 N–H and O–H groups in total. The highest BCUT2D eigenvalue weighted by atomic mass is 16.4. The molecule has 0 aromatic rings. The van der Waals surface area contributed by atoms with E-state index in [2.05, 4.69) is 12.3 Å². The number of rotatable bonds is 4. The van der Waals surface area contributed by atoms with Gasteiger partial charge in [0.2, 0.25) is 0 Å². The molecule has 3 nitrogen and oxygen atoms in total. The minimum atomic E-state index is -0.826. The van der Waals surface area contributed by atoms with Crippen LogP contribution >= 0.6 is 0 Å². The van der Waals surface area contributed by atoms with Crippen molar-refractivity contribution in [3.63, 3.8) is 0 Å². The minimum absolute atomic E-state index is 0.0966. The molecule has 0 bridgehead atoms. The van der Waals surface area contributed by atoms with E-state index in [1.807, 2.05) is 13.8 Å². The molecule has 0 fully saturated rings. The Kier molecular flexibility index (Phi) is 11.2. The summed E-state index contributed by atoms with van der Waals surface area (Å²) in [6, 6.07) is -0.228. The number of carboxylic acid groups (broad SMARTS) is 1. The Bertz CT molecular complexity index is 160. The summed E-state index contributed by atoms with van der Waals surface area (Å²) in [4.78, 5) is 10.0. The van der Waals surface area contributed by atoms with E-state index in [4.69, 9.17) is 10.8 Å². The van der Waals surface area contributed by atoms with Gasteiger partial charge in [-0.1, -0.05) is 20.4 Å². The van der Waals surface area contributed by atoms with E-state index in [0.717, 1.165) is 0 Å². The predicted octanol–water partition coefficient (Wildman–Crippen LogP) is 1.55. The van der Waals surface area contributed by atoms with E-state index in [1.54, 1.807) is 6.08 Å². The number of hydrogen-bond donors (Lipinski definition) is 2. The maximum Gasteiger partial charge on any atom is 0.303 e. The van der Waals surface area contributed by atoms with Gasteiger partial charge in [0.25, 0.3) is 0 Å². The van der Waals surface area contributed by atoms with Gasteiger partial charge in [0.05, 0.1) is 0 Å². The number of aliphatic carboxylic acids is 1. The summed E-state index contributed by atoms with van der Waals surface area (Å²) in [6.45, 7) is 7.32. The Morgan fingerprint density at radius 1 is 1.75 bits per heavy atom. The van der Waals surface area contributed by atoms with Crippen LogP contribution in [0, 0.1) is 0 Å². The molecule has 3 heteroatoms. The molecule has 0 aliphatic rings. The molecular formula is C9H17NO2. The molecule has 0 aromatic carbocycles. The van der Waals surface area contributed by atoms with Crippen molar-refractivity contribution < 1.29 is 9.90 Å². The zero-order chi connectivity index (χ0) is 9.98. The molecule has 0 radical (unpaired) electrons. The first-order valence-corrected chi connectivity index (χ1v) is 4.00. The van der Waals surface area contributed by atoms with Crippen molar-refractivity contribution in [3.05, 3.63) is 18.4 Å². The maximum absolute atomic E-state index is 10.0. The molecule has 0 aliphatic carbocycles. The van der Waals surface area contributed by atoms with E-state index >= 15 is 0 Å². The lowest BCUT2D eigenvalue weighted by Crippen LogP contribution is -2.17. The maximum atomic E-state index is 10.0. The van der Waals surface area contributed by atoms with Gasteiger partial charge in [-0.05, 0) is 12.5 Å². The molecule has 1 atom stereocenters. The van der Waals surface area contributed by atoms with Crippen LogP contribution in [0.25, 0.3) is 0 Å². The predicted molar refractivity (Wildman–Crippen MR) is 49.9 cm³/mol. The van der Waals surface area contributed by atoms with E-state index in [1.165, 1.54) is 0 Å². The zero-order valence-corrected chi connectivity index (χ0v) is 7.71.